The number of benzene rings is 1. The van der Waals surface area contributed by atoms with Crippen LogP contribution >= 0.6 is 0 Å². The monoisotopic (exact) mass is 318 g/mol. The standard InChI is InChI=1S/C18H23FN2O2/c1-22-18-4-2-3-15(18)17-12-23-8-7-21(17)11-13-5-6-16(19)14(9-13)10-20/h5-6,9,15,17-18H,2-4,7-8,11-12H2,1H3/t15-,17-,18+/m0/s1. The Balaban J connectivity index is 1.75. The molecule has 3 atom stereocenters. The predicted molar refractivity (Wildman–Crippen MR) is 84.3 cm³/mol. The lowest BCUT2D eigenvalue weighted by molar-refractivity contribution is -0.0608. The minimum absolute atomic E-state index is 0.114. The van der Waals surface area contributed by atoms with Gasteiger partial charge in [-0.1, -0.05) is 12.5 Å². The van der Waals surface area contributed by atoms with Crippen molar-refractivity contribution in [2.45, 2.75) is 38.0 Å². The molecule has 0 aromatic heterocycles. The van der Waals surface area contributed by atoms with Gasteiger partial charge in [0.15, 0.2) is 0 Å². The van der Waals surface area contributed by atoms with Gasteiger partial charge in [-0.15, -0.1) is 0 Å². The lowest BCUT2D eigenvalue weighted by Crippen LogP contribution is -2.50. The highest BCUT2D eigenvalue weighted by Gasteiger charge is 2.38. The minimum Gasteiger partial charge on any atom is -0.381 e. The maximum absolute atomic E-state index is 13.5. The fraction of sp³-hybridized carbons (Fsp3) is 0.611. The van der Waals surface area contributed by atoms with E-state index < -0.39 is 5.82 Å². The van der Waals surface area contributed by atoms with E-state index in [0.717, 1.165) is 38.1 Å². The molecule has 2 fully saturated rings. The van der Waals surface area contributed by atoms with Gasteiger partial charge in [0, 0.05) is 32.2 Å². The smallest absolute Gasteiger partial charge is 0.140 e. The van der Waals surface area contributed by atoms with Gasteiger partial charge in [0.25, 0.3) is 0 Å². The van der Waals surface area contributed by atoms with E-state index in [1.54, 1.807) is 19.2 Å². The van der Waals surface area contributed by atoms with Crippen molar-refractivity contribution in [3.63, 3.8) is 0 Å². The molecule has 0 amide bonds. The van der Waals surface area contributed by atoms with Crippen molar-refractivity contribution in [1.29, 1.82) is 5.26 Å². The van der Waals surface area contributed by atoms with Gasteiger partial charge in [-0.25, -0.2) is 4.39 Å². The van der Waals surface area contributed by atoms with Gasteiger partial charge in [0.05, 0.1) is 24.9 Å². The van der Waals surface area contributed by atoms with Crippen molar-refractivity contribution in [2.24, 2.45) is 5.92 Å². The van der Waals surface area contributed by atoms with E-state index in [9.17, 15) is 4.39 Å². The van der Waals surface area contributed by atoms with E-state index in [-0.39, 0.29) is 5.56 Å². The normalized spacial score (nSPS) is 28.7. The highest BCUT2D eigenvalue weighted by Crippen LogP contribution is 2.34. The van der Waals surface area contributed by atoms with E-state index in [2.05, 4.69) is 4.90 Å². The summed E-state index contributed by atoms with van der Waals surface area (Å²) >= 11 is 0. The van der Waals surface area contributed by atoms with Crippen LogP contribution in [-0.2, 0) is 16.0 Å². The Morgan fingerprint density at radius 2 is 2.30 bits per heavy atom. The van der Waals surface area contributed by atoms with E-state index in [0.29, 0.717) is 24.7 Å². The summed E-state index contributed by atoms with van der Waals surface area (Å²) in [7, 11) is 1.79. The van der Waals surface area contributed by atoms with Crippen molar-refractivity contribution in [3.05, 3.63) is 35.1 Å². The topological polar surface area (TPSA) is 45.5 Å². The quantitative estimate of drug-likeness (QED) is 0.856. The Bertz CT molecular complexity index is 587. The molecule has 23 heavy (non-hydrogen) atoms. The second-order valence-corrected chi connectivity index (χ2v) is 6.41. The Hall–Kier alpha value is -1.48. The molecular formula is C18H23FN2O2. The molecule has 4 nitrogen and oxygen atoms in total. The summed E-state index contributed by atoms with van der Waals surface area (Å²) in [6.07, 6.45) is 3.77. The molecule has 0 radical (unpaired) electrons. The number of hydrogen-bond acceptors (Lipinski definition) is 4. The largest absolute Gasteiger partial charge is 0.381 e. The molecule has 2 aliphatic rings. The predicted octanol–water partition coefficient (Wildman–Crippen LogP) is 2.71. The lowest BCUT2D eigenvalue weighted by Gasteiger charge is -2.40. The third-order valence-corrected chi connectivity index (χ3v) is 5.12. The van der Waals surface area contributed by atoms with Gasteiger partial charge in [-0.3, -0.25) is 4.90 Å². The summed E-state index contributed by atoms with van der Waals surface area (Å²) in [5.74, 6) is 0.0289. The van der Waals surface area contributed by atoms with Crippen molar-refractivity contribution < 1.29 is 13.9 Å². The molecule has 1 aromatic carbocycles. The number of morpholine rings is 1. The van der Waals surface area contributed by atoms with Crippen LogP contribution in [0.15, 0.2) is 18.2 Å². The molecule has 1 heterocycles. The van der Waals surface area contributed by atoms with Crippen LogP contribution in [0.5, 0.6) is 0 Å². The maximum Gasteiger partial charge on any atom is 0.140 e. The van der Waals surface area contributed by atoms with Gasteiger partial charge >= 0.3 is 0 Å². The zero-order valence-electron chi connectivity index (χ0n) is 13.5. The van der Waals surface area contributed by atoms with E-state index in [1.165, 1.54) is 12.5 Å². The molecule has 5 heteroatoms. The second kappa shape index (κ2) is 7.39. The summed E-state index contributed by atoms with van der Waals surface area (Å²) in [5, 5.41) is 9.00. The van der Waals surface area contributed by atoms with Crippen LogP contribution < -0.4 is 0 Å². The first-order chi connectivity index (χ1) is 11.2. The second-order valence-electron chi connectivity index (χ2n) is 6.41. The molecule has 0 unspecified atom stereocenters. The first-order valence-corrected chi connectivity index (χ1v) is 8.26. The first-order valence-electron chi connectivity index (χ1n) is 8.26. The van der Waals surface area contributed by atoms with Crippen LogP contribution in [-0.4, -0.2) is 43.9 Å². The fourth-order valence-electron chi connectivity index (χ4n) is 3.93. The number of nitrogens with zero attached hydrogens (tertiary/aromatic N) is 2. The number of halogens is 1. The highest BCUT2D eigenvalue weighted by molar-refractivity contribution is 5.34. The highest BCUT2D eigenvalue weighted by atomic mass is 19.1. The first kappa shape index (κ1) is 16.4. The Morgan fingerprint density at radius 1 is 1.43 bits per heavy atom. The molecule has 0 bridgehead atoms. The zero-order valence-corrected chi connectivity index (χ0v) is 13.5. The molecule has 1 aromatic rings. The summed E-state index contributed by atoms with van der Waals surface area (Å²) in [6.45, 7) is 3.01. The number of ether oxygens (including phenoxy) is 2. The van der Waals surface area contributed by atoms with Crippen LogP contribution in [0.25, 0.3) is 0 Å². The molecule has 0 spiro atoms. The summed E-state index contributed by atoms with van der Waals surface area (Å²) in [6, 6.07) is 7.05. The number of rotatable bonds is 4. The van der Waals surface area contributed by atoms with Gasteiger partial charge in [-0.2, -0.15) is 5.26 Å². The van der Waals surface area contributed by atoms with Crippen molar-refractivity contribution >= 4 is 0 Å². The third-order valence-electron chi connectivity index (χ3n) is 5.12. The molecule has 1 aliphatic carbocycles. The molecule has 3 rings (SSSR count). The van der Waals surface area contributed by atoms with Crippen LogP contribution in [0.2, 0.25) is 0 Å². The molecule has 1 aliphatic heterocycles. The Labute approximate surface area is 136 Å². The number of methoxy groups -OCH3 is 1. The van der Waals surface area contributed by atoms with E-state index >= 15 is 0 Å². The van der Waals surface area contributed by atoms with Gasteiger partial charge < -0.3 is 9.47 Å². The van der Waals surface area contributed by atoms with Gasteiger partial charge in [-0.05, 0) is 30.5 Å². The summed E-state index contributed by atoms with van der Waals surface area (Å²) in [4.78, 5) is 2.40. The molecule has 124 valence electrons. The molecular weight excluding hydrogens is 295 g/mol. The lowest BCUT2D eigenvalue weighted by atomic mass is 9.93. The summed E-state index contributed by atoms with van der Waals surface area (Å²) in [5.41, 5.74) is 1.09. The van der Waals surface area contributed by atoms with Crippen LogP contribution in [0.4, 0.5) is 4.39 Å². The van der Waals surface area contributed by atoms with Crippen LogP contribution in [0.1, 0.15) is 30.4 Å². The van der Waals surface area contributed by atoms with Crippen LogP contribution in [0, 0.1) is 23.1 Å². The summed E-state index contributed by atoms with van der Waals surface area (Å²) < 4.78 is 24.9. The maximum atomic E-state index is 13.5. The fourth-order valence-corrected chi connectivity index (χ4v) is 3.93. The molecule has 0 N–H and O–H groups in total. The van der Waals surface area contributed by atoms with Crippen molar-refractivity contribution in [3.8, 4) is 6.07 Å². The van der Waals surface area contributed by atoms with Crippen molar-refractivity contribution in [2.75, 3.05) is 26.9 Å². The average Bonchev–Trinajstić information content (AvgIpc) is 3.05. The SMILES string of the molecule is CO[C@@H]1CCC[C@H]1[C@@H]1COCCN1Cc1ccc(F)c(C#N)c1. The van der Waals surface area contributed by atoms with E-state index in [4.69, 9.17) is 14.7 Å². The van der Waals surface area contributed by atoms with Gasteiger partial charge in [0.1, 0.15) is 11.9 Å². The minimum atomic E-state index is -0.454. The molecule has 1 saturated carbocycles. The van der Waals surface area contributed by atoms with Crippen LogP contribution in [0.3, 0.4) is 0 Å². The Kier molecular flexibility index (Phi) is 5.27. The average molecular weight is 318 g/mol. The Morgan fingerprint density at radius 3 is 3.09 bits per heavy atom. The third kappa shape index (κ3) is 3.55. The number of hydrogen-bond donors (Lipinski definition) is 0. The molecule has 1 saturated heterocycles. The number of nitriles is 1. The van der Waals surface area contributed by atoms with Crippen molar-refractivity contribution in [1.82, 2.24) is 4.90 Å². The zero-order chi connectivity index (χ0) is 16.2. The van der Waals surface area contributed by atoms with E-state index in [1.807, 2.05) is 6.07 Å². The van der Waals surface area contributed by atoms with Gasteiger partial charge in [0.2, 0.25) is 0 Å².